The molecule has 0 spiro atoms. The van der Waals surface area contributed by atoms with E-state index >= 15 is 0 Å². The second-order valence-electron chi connectivity index (χ2n) is 5.66. The third kappa shape index (κ3) is 4.87. The van der Waals surface area contributed by atoms with Gasteiger partial charge < -0.3 is 15.0 Å². The summed E-state index contributed by atoms with van der Waals surface area (Å²) in [5, 5.41) is 3.24. The number of hydrogen-bond acceptors (Lipinski definition) is 2. The molecule has 1 saturated heterocycles. The number of nitrogens with zero attached hydrogens (tertiary/aromatic N) is 2. The molecule has 1 heterocycles. The highest BCUT2D eigenvalue weighted by Crippen LogP contribution is 2.32. The molecule has 2 rings (SSSR count). The molecule has 1 aromatic carbocycles. The van der Waals surface area contributed by atoms with E-state index in [2.05, 4.69) is 17.2 Å². The molecule has 0 aliphatic carbocycles. The van der Waals surface area contributed by atoms with Crippen LogP contribution in [0.3, 0.4) is 0 Å². The van der Waals surface area contributed by atoms with E-state index in [4.69, 9.17) is 4.74 Å². The second kappa shape index (κ2) is 8.37. The van der Waals surface area contributed by atoms with Crippen molar-refractivity contribution in [3.8, 4) is 0 Å². The first kappa shape index (κ1) is 18.6. The molecule has 0 bridgehead atoms. The van der Waals surface area contributed by atoms with Crippen LogP contribution in [0.1, 0.15) is 37.5 Å². The van der Waals surface area contributed by atoms with Crippen molar-refractivity contribution in [2.45, 2.75) is 32.5 Å². The Kier molecular flexibility index (Phi) is 6.48. The van der Waals surface area contributed by atoms with E-state index in [0.29, 0.717) is 31.8 Å². The topological polar surface area (TPSA) is 36.9 Å². The third-order valence-corrected chi connectivity index (χ3v) is 3.77. The van der Waals surface area contributed by atoms with Gasteiger partial charge in [0.1, 0.15) is 6.10 Å². The lowest BCUT2D eigenvalue weighted by atomic mass is 10.0. The van der Waals surface area contributed by atoms with Crippen LogP contribution in [-0.4, -0.2) is 43.6 Å². The summed E-state index contributed by atoms with van der Waals surface area (Å²) in [5.74, 6) is 0.791. The minimum Gasteiger partial charge on any atom is -0.370 e. The second-order valence-corrected chi connectivity index (χ2v) is 5.66. The van der Waals surface area contributed by atoms with Crippen molar-refractivity contribution in [2.75, 3.05) is 32.8 Å². The molecule has 0 amide bonds. The van der Waals surface area contributed by atoms with Crippen LogP contribution in [-0.2, 0) is 10.9 Å². The molecule has 1 aliphatic rings. The van der Waals surface area contributed by atoms with Gasteiger partial charge in [0, 0.05) is 19.6 Å². The van der Waals surface area contributed by atoms with Crippen molar-refractivity contribution >= 4 is 5.96 Å². The van der Waals surface area contributed by atoms with Crippen LogP contribution in [0.4, 0.5) is 13.2 Å². The summed E-state index contributed by atoms with van der Waals surface area (Å²) in [6.07, 6.45) is -3.80. The van der Waals surface area contributed by atoms with Gasteiger partial charge in [0.05, 0.1) is 18.7 Å². The van der Waals surface area contributed by atoms with Gasteiger partial charge in [-0.15, -0.1) is 0 Å². The lowest BCUT2D eigenvalue weighted by molar-refractivity contribution is -0.137. The van der Waals surface area contributed by atoms with E-state index in [1.807, 2.05) is 11.8 Å². The van der Waals surface area contributed by atoms with Gasteiger partial charge in [-0.05, 0) is 31.0 Å². The van der Waals surface area contributed by atoms with Crippen molar-refractivity contribution in [2.24, 2.45) is 4.99 Å². The first-order valence-corrected chi connectivity index (χ1v) is 8.27. The maximum absolute atomic E-state index is 12.9. The summed E-state index contributed by atoms with van der Waals surface area (Å²) in [5.41, 5.74) is -0.104. The van der Waals surface area contributed by atoms with Crippen molar-refractivity contribution < 1.29 is 17.9 Å². The monoisotopic (exact) mass is 343 g/mol. The Morgan fingerprint density at radius 2 is 2.17 bits per heavy atom. The smallest absolute Gasteiger partial charge is 0.370 e. The summed E-state index contributed by atoms with van der Waals surface area (Å²) < 4.78 is 44.4. The predicted molar refractivity (Wildman–Crippen MR) is 88.0 cm³/mol. The zero-order valence-electron chi connectivity index (χ0n) is 14.1. The first-order valence-electron chi connectivity index (χ1n) is 8.27. The van der Waals surface area contributed by atoms with Gasteiger partial charge >= 0.3 is 6.18 Å². The maximum Gasteiger partial charge on any atom is 0.416 e. The van der Waals surface area contributed by atoms with Gasteiger partial charge in [-0.3, -0.25) is 4.99 Å². The van der Waals surface area contributed by atoms with Crippen molar-refractivity contribution in [3.63, 3.8) is 0 Å². The highest BCUT2D eigenvalue weighted by atomic mass is 19.4. The number of rotatable bonds is 4. The highest BCUT2D eigenvalue weighted by Gasteiger charge is 2.32. The summed E-state index contributed by atoms with van der Waals surface area (Å²) in [7, 11) is 0. The summed E-state index contributed by atoms with van der Waals surface area (Å²) in [6.45, 7) is 7.12. The SMILES string of the molecule is CCCN=C(NCC)N1CCOC(c2cccc(C(F)(F)F)c2)C1. The van der Waals surface area contributed by atoms with Crippen molar-refractivity contribution in [3.05, 3.63) is 35.4 Å². The van der Waals surface area contributed by atoms with Gasteiger partial charge in [0.15, 0.2) is 5.96 Å². The average Bonchev–Trinajstić information content (AvgIpc) is 2.58. The van der Waals surface area contributed by atoms with E-state index in [0.717, 1.165) is 25.0 Å². The summed E-state index contributed by atoms with van der Waals surface area (Å²) in [6, 6.07) is 5.36. The van der Waals surface area contributed by atoms with Gasteiger partial charge in [-0.1, -0.05) is 19.1 Å². The Morgan fingerprint density at radius 1 is 1.38 bits per heavy atom. The van der Waals surface area contributed by atoms with E-state index in [1.54, 1.807) is 6.07 Å². The van der Waals surface area contributed by atoms with Crippen LogP contribution >= 0.6 is 0 Å². The quantitative estimate of drug-likeness (QED) is 0.672. The summed E-state index contributed by atoms with van der Waals surface area (Å²) >= 11 is 0. The molecule has 1 atom stereocenters. The minimum atomic E-state index is -4.35. The van der Waals surface area contributed by atoms with E-state index in [9.17, 15) is 13.2 Å². The Morgan fingerprint density at radius 3 is 2.83 bits per heavy atom. The number of alkyl halides is 3. The average molecular weight is 343 g/mol. The minimum absolute atomic E-state index is 0.397. The Balaban J connectivity index is 2.15. The van der Waals surface area contributed by atoms with Gasteiger partial charge in [-0.2, -0.15) is 13.2 Å². The lowest BCUT2D eigenvalue weighted by Crippen LogP contribution is -2.48. The van der Waals surface area contributed by atoms with E-state index in [-0.39, 0.29) is 0 Å². The Hall–Kier alpha value is -1.76. The molecule has 0 saturated carbocycles. The molecule has 0 radical (unpaired) electrons. The summed E-state index contributed by atoms with van der Waals surface area (Å²) in [4.78, 5) is 6.59. The van der Waals surface area contributed by atoms with Gasteiger partial charge in [-0.25, -0.2) is 0 Å². The molecule has 0 aromatic heterocycles. The molecular formula is C17H24F3N3O. The molecule has 1 aromatic rings. The zero-order chi connectivity index (χ0) is 17.6. The van der Waals surface area contributed by atoms with E-state index < -0.39 is 17.8 Å². The molecule has 134 valence electrons. The Bertz CT molecular complexity index is 560. The number of halogens is 3. The first-order chi connectivity index (χ1) is 11.5. The molecule has 1 aliphatic heterocycles. The number of aliphatic imine (C=N–C) groups is 1. The molecule has 1 unspecified atom stereocenters. The normalized spacial score (nSPS) is 19.5. The fraction of sp³-hybridized carbons (Fsp3) is 0.588. The lowest BCUT2D eigenvalue weighted by Gasteiger charge is -2.35. The van der Waals surface area contributed by atoms with E-state index in [1.165, 1.54) is 12.1 Å². The number of morpholine rings is 1. The fourth-order valence-corrected chi connectivity index (χ4v) is 2.60. The van der Waals surface area contributed by atoms with Crippen LogP contribution in [0.5, 0.6) is 0 Å². The van der Waals surface area contributed by atoms with Gasteiger partial charge in [0.25, 0.3) is 0 Å². The van der Waals surface area contributed by atoms with Gasteiger partial charge in [0.2, 0.25) is 0 Å². The largest absolute Gasteiger partial charge is 0.416 e. The zero-order valence-corrected chi connectivity index (χ0v) is 14.1. The molecule has 7 heteroatoms. The molecule has 1 fully saturated rings. The molecule has 24 heavy (non-hydrogen) atoms. The standard InChI is InChI=1S/C17H24F3N3O/c1-3-8-22-16(21-4-2)23-9-10-24-15(12-23)13-6-5-7-14(11-13)17(18,19)20/h5-7,11,15H,3-4,8-10,12H2,1-2H3,(H,21,22). The van der Waals surface area contributed by atoms with Crippen LogP contribution in [0.25, 0.3) is 0 Å². The number of benzene rings is 1. The number of ether oxygens (including phenoxy) is 1. The molecule has 1 N–H and O–H groups in total. The fourth-order valence-electron chi connectivity index (χ4n) is 2.60. The molecular weight excluding hydrogens is 319 g/mol. The predicted octanol–water partition coefficient (Wildman–Crippen LogP) is 3.45. The van der Waals surface area contributed by atoms with Crippen molar-refractivity contribution in [1.29, 1.82) is 0 Å². The Labute approximate surface area is 140 Å². The van der Waals surface area contributed by atoms with Crippen LogP contribution in [0, 0.1) is 0 Å². The number of hydrogen-bond donors (Lipinski definition) is 1. The van der Waals surface area contributed by atoms with Crippen molar-refractivity contribution in [1.82, 2.24) is 10.2 Å². The number of nitrogens with one attached hydrogen (secondary N) is 1. The van der Waals surface area contributed by atoms with Crippen LogP contribution in [0.15, 0.2) is 29.3 Å². The number of guanidine groups is 1. The molecule has 4 nitrogen and oxygen atoms in total. The maximum atomic E-state index is 12.9. The highest BCUT2D eigenvalue weighted by molar-refractivity contribution is 5.80. The third-order valence-electron chi connectivity index (χ3n) is 3.77. The van der Waals surface area contributed by atoms with Crippen LogP contribution in [0.2, 0.25) is 0 Å². The van der Waals surface area contributed by atoms with Crippen LogP contribution < -0.4 is 5.32 Å².